The van der Waals surface area contributed by atoms with Gasteiger partial charge in [-0.25, -0.2) is 0 Å². The van der Waals surface area contributed by atoms with Gasteiger partial charge in [0.15, 0.2) is 0 Å². The minimum Gasteiger partial charge on any atom is -0.508 e. The number of nitrogens with zero attached hydrogens (tertiary/aromatic N) is 1. The summed E-state index contributed by atoms with van der Waals surface area (Å²) in [4.78, 5) is 27.3. The summed E-state index contributed by atoms with van der Waals surface area (Å²) in [5.74, 6) is -0.864. The largest absolute Gasteiger partial charge is 0.508 e. The van der Waals surface area contributed by atoms with Crippen molar-refractivity contribution in [3.63, 3.8) is 0 Å². The first-order valence-electron chi connectivity index (χ1n) is 9.82. The highest BCUT2D eigenvalue weighted by Gasteiger charge is 2.46. The number of amides is 1. The number of Topliss-reactive ketones (excluding diaryl/α,β-unsaturated/α-hetero) is 1. The van der Waals surface area contributed by atoms with Gasteiger partial charge in [-0.15, -0.1) is 0 Å². The van der Waals surface area contributed by atoms with Crippen molar-refractivity contribution in [3.05, 3.63) is 89.4 Å². The number of hydrogen-bond donors (Lipinski definition) is 2. The zero-order valence-corrected chi connectivity index (χ0v) is 16.8. The van der Waals surface area contributed by atoms with Crippen LogP contribution in [0.4, 0.5) is 0 Å². The molecule has 158 valence electrons. The maximum atomic E-state index is 13.0. The van der Waals surface area contributed by atoms with Crippen molar-refractivity contribution in [2.75, 3.05) is 6.61 Å². The minimum absolute atomic E-state index is 0.0144. The Kier molecular flexibility index (Phi) is 5.49. The van der Waals surface area contributed by atoms with Crippen LogP contribution in [0, 0.1) is 0 Å². The van der Waals surface area contributed by atoms with Gasteiger partial charge in [-0.3, -0.25) is 9.59 Å². The number of carbonyl (C=O) groups is 2. The Morgan fingerprint density at radius 2 is 1.90 bits per heavy atom. The molecule has 0 radical (unpaired) electrons. The summed E-state index contributed by atoms with van der Waals surface area (Å²) in [5, 5.41) is 21.1. The smallest absolute Gasteiger partial charge is 0.296 e. The lowest BCUT2D eigenvalue weighted by Gasteiger charge is -2.24. The van der Waals surface area contributed by atoms with E-state index in [1.54, 1.807) is 48.5 Å². The number of ketones is 1. The van der Waals surface area contributed by atoms with E-state index in [0.717, 1.165) is 0 Å². The predicted octanol–water partition coefficient (Wildman–Crippen LogP) is 4.01. The highest BCUT2D eigenvalue weighted by atomic mass is 16.5. The van der Waals surface area contributed by atoms with Crippen molar-refractivity contribution in [1.29, 1.82) is 0 Å². The van der Waals surface area contributed by atoms with Crippen molar-refractivity contribution in [2.24, 2.45) is 0 Å². The Hall–Kier alpha value is -4.00. The summed E-state index contributed by atoms with van der Waals surface area (Å²) >= 11 is 0. The van der Waals surface area contributed by atoms with Gasteiger partial charge in [-0.1, -0.05) is 24.3 Å². The lowest BCUT2D eigenvalue weighted by Crippen LogP contribution is -2.29. The molecule has 1 aliphatic heterocycles. The van der Waals surface area contributed by atoms with Crippen LogP contribution < -0.4 is 4.74 Å². The number of furan rings is 1. The molecule has 0 aliphatic carbocycles. The molecule has 1 aliphatic rings. The molecular weight excluding hydrogens is 398 g/mol. The molecule has 3 aromatic rings. The van der Waals surface area contributed by atoms with Crippen LogP contribution in [-0.4, -0.2) is 33.4 Å². The number of aromatic hydroxyl groups is 1. The number of phenolic OH excluding ortho intramolecular Hbond substituents is 1. The first-order valence-corrected chi connectivity index (χ1v) is 9.82. The number of aliphatic hydroxyl groups excluding tert-OH is 1. The van der Waals surface area contributed by atoms with Crippen LogP contribution in [0.2, 0.25) is 0 Å². The van der Waals surface area contributed by atoms with Gasteiger partial charge < -0.3 is 24.3 Å². The van der Waals surface area contributed by atoms with E-state index < -0.39 is 17.7 Å². The molecule has 2 heterocycles. The van der Waals surface area contributed by atoms with E-state index in [-0.39, 0.29) is 23.6 Å². The van der Waals surface area contributed by atoms with Crippen LogP contribution in [-0.2, 0) is 16.1 Å². The fraction of sp³-hybridized carbons (Fsp3) is 0.167. The summed E-state index contributed by atoms with van der Waals surface area (Å²) in [6.07, 6.45) is 1.48. The van der Waals surface area contributed by atoms with Crippen molar-refractivity contribution >= 4 is 17.4 Å². The molecule has 7 heteroatoms. The second-order valence-electron chi connectivity index (χ2n) is 7.06. The van der Waals surface area contributed by atoms with Crippen LogP contribution in [0.1, 0.15) is 29.9 Å². The number of aliphatic hydroxyl groups is 1. The van der Waals surface area contributed by atoms with Gasteiger partial charge in [0.2, 0.25) is 0 Å². The Morgan fingerprint density at radius 1 is 1.10 bits per heavy atom. The molecule has 1 fully saturated rings. The fourth-order valence-corrected chi connectivity index (χ4v) is 3.71. The zero-order valence-electron chi connectivity index (χ0n) is 16.8. The average Bonchev–Trinajstić information content (AvgIpc) is 3.36. The minimum atomic E-state index is -0.895. The van der Waals surface area contributed by atoms with E-state index >= 15 is 0 Å². The Balaban J connectivity index is 1.86. The normalized spacial score (nSPS) is 17.8. The van der Waals surface area contributed by atoms with Crippen LogP contribution in [0.25, 0.3) is 5.76 Å². The topological polar surface area (TPSA) is 100 Å². The van der Waals surface area contributed by atoms with Crippen LogP contribution in [0.3, 0.4) is 0 Å². The van der Waals surface area contributed by atoms with Crippen molar-refractivity contribution in [2.45, 2.75) is 19.5 Å². The van der Waals surface area contributed by atoms with Gasteiger partial charge in [0, 0.05) is 5.56 Å². The molecule has 7 nitrogen and oxygen atoms in total. The lowest BCUT2D eigenvalue weighted by molar-refractivity contribution is -0.140. The van der Waals surface area contributed by atoms with Crippen LogP contribution >= 0.6 is 0 Å². The van der Waals surface area contributed by atoms with Gasteiger partial charge in [-0.2, -0.15) is 0 Å². The van der Waals surface area contributed by atoms with E-state index in [2.05, 4.69) is 0 Å². The van der Waals surface area contributed by atoms with Crippen molar-refractivity contribution in [3.8, 4) is 11.5 Å². The van der Waals surface area contributed by atoms with Gasteiger partial charge in [-0.05, 0) is 48.9 Å². The Bertz CT molecular complexity index is 1150. The molecule has 31 heavy (non-hydrogen) atoms. The monoisotopic (exact) mass is 419 g/mol. The predicted molar refractivity (Wildman–Crippen MR) is 112 cm³/mol. The molecule has 2 N–H and O–H groups in total. The molecule has 4 rings (SSSR count). The highest BCUT2D eigenvalue weighted by Crippen LogP contribution is 2.41. The van der Waals surface area contributed by atoms with E-state index in [1.165, 1.54) is 23.3 Å². The second-order valence-corrected chi connectivity index (χ2v) is 7.06. The summed E-state index contributed by atoms with van der Waals surface area (Å²) in [6.45, 7) is 2.32. The van der Waals surface area contributed by atoms with Crippen LogP contribution in [0.5, 0.6) is 11.5 Å². The lowest BCUT2D eigenvalue weighted by atomic mass is 9.95. The molecule has 0 spiro atoms. The Morgan fingerprint density at radius 3 is 2.61 bits per heavy atom. The third-order valence-corrected chi connectivity index (χ3v) is 5.05. The molecule has 1 unspecified atom stereocenters. The summed E-state index contributed by atoms with van der Waals surface area (Å²) in [7, 11) is 0. The van der Waals surface area contributed by atoms with Gasteiger partial charge in [0.25, 0.3) is 11.7 Å². The number of ether oxygens (including phenoxy) is 1. The first kappa shape index (κ1) is 20.3. The van der Waals surface area contributed by atoms with E-state index in [1.807, 2.05) is 6.92 Å². The zero-order chi connectivity index (χ0) is 22.0. The van der Waals surface area contributed by atoms with E-state index in [9.17, 15) is 19.8 Å². The van der Waals surface area contributed by atoms with E-state index in [0.29, 0.717) is 29.2 Å². The number of rotatable bonds is 6. The maximum absolute atomic E-state index is 13.0. The number of phenols is 1. The first-order chi connectivity index (χ1) is 15.0. The van der Waals surface area contributed by atoms with Crippen molar-refractivity contribution in [1.82, 2.24) is 4.90 Å². The fourth-order valence-electron chi connectivity index (χ4n) is 3.71. The van der Waals surface area contributed by atoms with Gasteiger partial charge in [0.1, 0.15) is 23.0 Å². The SMILES string of the molecule is CCOc1cccc(/C(O)=C2\C(=O)C(=O)N(Cc3ccco3)C2c2cccc(O)c2)c1. The Labute approximate surface area is 178 Å². The van der Waals surface area contributed by atoms with E-state index in [4.69, 9.17) is 9.15 Å². The molecule has 1 atom stereocenters. The van der Waals surface area contributed by atoms with Crippen molar-refractivity contribution < 1.29 is 29.0 Å². The second kappa shape index (κ2) is 8.39. The molecule has 0 saturated carbocycles. The standard InChI is InChI=1S/C24H21NO6/c1-2-30-18-9-4-7-16(13-18)22(27)20-21(15-6-3-8-17(26)12-15)25(24(29)23(20)28)14-19-10-5-11-31-19/h3-13,21,26-27H,2,14H2,1H3/b22-20+. The van der Waals surface area contributed by atoms with Crippen LogP contribution in [0.15, 0.2) is 76.9 Å². The highest BCUT2D eigenvalue weighted by molar-refractivity contribution is 6.46. The maximum Gasteiger partial charge on any atom is 0.296 e. The quantitative estimate of drug-likeness (QED) is 0.356. The summed E-state index contributed by atoms with van der Waals surface area (Å²) in [5.41, 5.74) is 0.788. The molecular formula is C24H21NO6. The molecule has 2 aromatic carbocycles. The average molecular weight is 419 g/mol. The van der Waals surface area contributed by atoms with Gasteiger partial charge in [0.05, 0.1) is 31.0 Å². The molecule has 1 saturated heterocycles. The number of carbonyl (C=O) groups excluding carboxylic acids is 2. The summed E-state index contributed by atoms with van der Waals surface area (Å²) < 4.78 is 10.8. The molecule has 0 bridgehead atoms. The molecule has 1 amide bonds. The third-order valence-electron chi connectivity index (χ3n) is 5.05. The van der Waals surface area contributed by atoms with Gasteiger partial charge >= 0.3 is 0 Å². The summed E-state index contributed by atoms with van der Waals surface area (Å²) in [6, 6.07) is 15.4. The number of benzene rings is 2. The number of hydrogen-bond acceptors (Lipinski definition) is 6. The molecule has 1 aromatic heterocycles. The third kappa shape index (κ3) is 3.90. The number of likely N-dealkylation sites (tertiary alicyclic amines) is 1.